The Kier molecular flexibility index (Phi) is 5.27. The summed E-state index contributed by atoms with van der Waals surface area (Å²) in [7, 11) is 0. The van der Waals surface area contributed by atoms with E-state index in [1.165, 1.54) is 0 Å². The number of hydrogen-bond donors (Lipinski definition) is 1. The number of amides is 1. The Morgan fingerprint density at radius 3 is 2.43 bits per heavy atom. The van der Waals surface area contributed by atoms with Crippen molar-refractivity contribution in [1.29, 1.82) is 0 Å². The second-order valence-corrected chi connectivity index (χ2v) is 7.56. The van der Waals surface area contributed by atoms with E-state index in [0.29, 0.717) is 11.3 Å². The summed E-state index contributed by atoms with van der Waals surface area (Å²) in [6.45, 7) is 7.99. The summed E-state index contributed by atoms with van der Waals surface area (Å²) in [5.41, 5.74) is 5.06. The molecule has 0 aliphatic heterocycles. The highest BCUT2D eigenvalue weighted by Crippen LogP contribution is 2.29. The largest absolute Gasteiger partial charge is 0.488 e. The molecule has 1 aromatic heterocycles. The maximum absolute atomic E-state index is 13.2. The van der Waals surface area contributed by atoms with Gasteiger partial charge in [-0.2, -0.15) is 0 Å². The van der Waals surface area contributed by atoms with Gasteiger partial charge in [-0.25, -0.2) is 0 Å². The third-order valence-corrected chi connectivity index (χ3v) is 5.29. The summed E-state index contributed by atoms with van der Waals surface area (Å²) < 4.78 is 11.3. The van der Waals surface area contributed by atoms with Gasteiger partial charge in [0, 0.05) is 5.69 Å². The molecule has 0 saturated heterocycles. The highest BCUT2D eigenvalue weighted by atomic mass is 16.5. The standard InChI is InChI=1S/C25H24N2O3/c1-15-9-10-16(2)23(11-15)26-25(28)21-12-19-7-5-6-8-20(19)13-24(21)29-14-22-17(3)27-30-18(22)4/h5-13H,14H2,1-4H3,(H,26,28). The van der Waals surface area contributed by atoms with Crippen molar-refractivity contribution >= 4 is 22.4 Å². The van der Waals surface area contributed by atoms with Gasteiger partial charge in [-0.05, 0) is 67.8 Å². The number of fused-ring (bicyclic) bond motifs is 1. The van der Waals surface area contributed by atoms with E-state index in [2.05, 4.69) is 10.5 Å². The minimum absolute atomic E-state index is 0.205. The average Bonchev–Trinajstić information content (AvgIpc) is 3.05. The average molecular weight is 400 g/mol. The number of rotatable bonds is 5. The number of nitrogens with zero attached hydrogens (tertiary/aromatic N) is 1. The molecule has 1 amide bonds. The van der Waals surface area contributed by atoms with Crippen LogP contribution in [0.4, 0.5) is 5.69 Å². The number of anilines is 1. The Bertz CT molecular complexity index is 1220. The Morgan fingerprint density at radius 1 is 1.00 bits per heavy atom. The van der Waals surface area contributed by atoms with Gasteiger partial charge in [-0.3, -0.25) is 4.79 Å². The van der Waals surface area contributed by atoms with Crippen LogP contribution in [0.15, 0.2) is 59.1 Å². The normalized spacial score (nSPS) is 10.9. The molecule has 0 aliphatic rings. The second kappa shape index (κ2) is 8.03. The lowest BCUT2D eigenvalue weighted by Crippen LogP contribution is -2.15. The number of carbonyl (C=O) groups excluding carboxylic acids is 1. The molecule has 0 radical (unpaired) electrons. The first-order valence-corrected chi connectivity index (χ1v) is 9.88. The number of aromatic nitrogens is 1. The topological polar surface area (TPSA) is 64.4 Å². The molecular formula is C25H24N2O3. The molecule has 0 fully saturated rings. The van der Waals surface area contributed by atoms with Crippen molar-refractivity contribution in [3.8, 4) is 5.75 Å². The van der Waals surface area contributed by atoms with Crippen LogP contribution < -0.4 is 10.1 Å². The van der Waals surface area contributed by atoms with Crippen LogP contribution in [-0.2, 0) is 6.61 Å². The fraction of sp³-hybridized carbons (Fsp3) is 0.200. The van der Waals surface area contributed by atoms with Gasteiger partial charge >= 0.3 is 0 Å². The van der Waals surface area contributed by atoms with E-state index in [4.69, 9.17) is 9.26 Å². The molecule has 4 aromatic rings. The summed E-state index contributed by atoms with van der Waals surface area (Å²) in [6, 6.07) is 17.7. The van der Waals surface area contributed by atoms with E-state index in [1.54, 1.807) is 0 Å². The van der Waals surface area contributed by atoms with Crippen LogP contribution in [0.1, 0.15) is 38.5 Å². The number of hydrogen-bond acceptors (Lipinski definition) is 4. The van der Waals surface area contributed by atoms with Crippen molar-refractivity contribution in [2.45, 2.75) is 34.3 Å². The van der Waals surface area contributed by atoms with Crippen LogP contribution in [0.25, 0.3) is 10.8 Å². The summed E-state index contributed by atoms with van der Waals surface area (Å²) in [6.07, 6.45) is 0. The molecule has 5 nitrogen and oxygen atoms in total. The molecule has 1 heterocycles. The molecule has 0 unspecified atom stereocenters. The van der Waals surface area contributed by atoms with Crippen molar-refractivity contribution in [3.05, 3.63) is 88.3 Å². The number of ether oxygens (including phenoxy) is 1. The van der Waals surface area contributed by atoms with E-state index in [1.807, 2.05) is 82.3 Å². The van der Waals surface area contributed by atoms with Gasteiger partial charge in [0.25, 0.3) is 5.91 Å². The van der Waals surface area contributed by atoms with Gasteiger partial charge < -0.3 is 14.6 Å². The van der Waals surface area contributed by atoms with Crippen LogP contribution in [-0.4, -0.2) is 11.1 Å². The predicted molar refractivity (Wildman–Crippen MR) is 118 cm³/mol. The number of nitrogens with one attached hydrogen (secondary N) is 1. The molecule has 0 spiro atoms. The van der Waals surface area contributed by atoms with Crippen LogP contribution >= 0.6 is 0 Å². The smallest absolute Gasteiger partial charge is 0.259 e. The van der Waals surface area contributed by atoms with E-state index >= 15 is 0 Å². The van der Waals surface area contributed by atoms with Gasteiger partial charge in [-0.1, -0.05) is 41.6 Å². The van der Waals surface area contributed by atoms with Gasteiger partial charge in [-0.15, -0.1) is 0 Å². The molecule has 4 rings (SSSR count). The highest BCUT2D eigenvalue weighted by molar-refractivity contribution is 6.09. The molecular weight excluding hydrogens is 376 g/mol. The second-order valence-electron chi connectivity index (χ2n) is 7.56. The quantitative estimate of drug-likeness (QED) is 0.453. The van der Waals surface area contributed by atoms with E-state index in [9.17, 15) is 4.79 Å². The lowest BCUT2D eigenvalue weighted by Gasteiger charge is -2.15. The number of aryl methyl sites for hydroxylation is 4. The lowest BCUT2D eigenvalue weighted by atomic mass is 10.0. The van der Waals surface area contributed by atoms with Gasteiger partial charge in [0.1, 0.15) is 18.1 Å². The molecule has 0 saturated carbocycles. The summed E-state index contributed by atoms with van der Waals surface area (Å²) in [5, 5.41) is 9.00. The van der Waals surface area contributed by atoms with E-state index < -0.39 is 0 Å². The predicted octanol–water partition coefficient (Wildman–Crippen LogP) is 5.89. The molecule has 152 valence electrons. The van der Waals surface area contributed by atoms with Gasteiger partial charge in [0.05, 0.1) is 16.8 Å². The molecule has 1 N–H and O–H groups in total. The van der Waals surface area contributed by atoms with E-state index in [0.717, 1.165) is 44.6 Å². The zero-order valence-corrected chi connectivity index (χ0v) is 17.6. The minimum atomic E-state index is -0.205. The lowest BCUT2D eigenvalue weighted by molar-refractivity contribution is 0.102. The Morgan fingerprint density at radius 2 is 1.73 bits per heavy atom. The molecule has 0 bridgehead atoms. The van der Waals surface area contributed by atoms with Crippen LogP contribution in [0.2, 0.25) is 0 Å². The molecule has 0 aliphatic carbocycles. The zero-order valence-electron chi connectivity index (χ0n) is 17.6. The summed E-state index contributed by atoms with van der Waals surface area (Å²) >= 11 is 0. The third kappa shape index (κ3) is 3.92. The fourth-order valence-corrected chi connectivity index (χ4v) is 3.43. The van der Waals surface area contributed by atoms with Crippen molar-refractivity contribution in [2.24, 2.45) is 0 Å². The SMILES string of the molecule is Cc1ccc(C)c(NC(=O)c2cc3ccccc3cc2OCc2c(C)noc2C)c1. The third-order valence-electron chi connectivity index (χ3n) is 5.29. The molecule has 5 heteroatoms. The maximum Gasteiger partial charge on any atom is 0.259 e. The van der Waals surface area contributed by atoms with Crippen LogP contribution in [0.3, 0.4) is 0 Å². The summed E-state index contributed by atoms with van der Waals surface area (Å²) in [5.74, 6) is 1.04. The maximum atomic E-state index is 13.2. The first kappa shape index (κ1) is 19.7. The van der Waals surface area contributed by atoms with Crippen molar-refractivity contribution in [1.82, 2.24) is 5.16 Å². The molecule has 0 atom stereocenters. The van der Waals surface area contributed by atoms with E-state index in [-0.39, 0.29) is 12.5 Å². The molecule has 3 aromatic carbocycles. The van der Waals surface area contributed by atoms with Crippen LogP contribution in [0, 0.1) is 27.7 Å². The Hall–Kier alpha value is -3.60. The summed E-state index contributed by atoms with van der Waals surface area (Å²) in [4.78, 5) is 13.2. The van der Waals surface area contributed by atoms with Crippen LogP contribution in [0.5, 0.6) is 5.75 Å². The first-order chi connectivity index (χ1) is 14.4. The minimum Gasteiger partial charge on any atom is -0.488 e. The van der Waals surface area contributed by atoms with Crippen molar-refractivity contribution in [2.75, 3.05) is 5.32 Å². The fourth-order valence-electron chi connectivity index (χ4n) is 3.43. The highest BCUT2D eigenvalue weighted by Gasteiger charge is 2.17. The van der Waals surface area contributed by atoms with Gasteiger partial charge in [0.2, 0.25) is 0 Å². The van der Waals surface area contributed by atoms with Gasteiger partial charge in [0.15, 0.2) is 0 Å². The van der Waals surface area contributed by atoms with Crippen molar-refractivity contribution in [3.63, 3.8) is 0 Å². The van der Waals surface area contributed by atoms with Crippen molar-refractivity contribution < 1.29 is 14.1 Å². The molecule has 30 heavy (non-hydrogen) atoms. The first-order valence-electron chi connectivity index (χ1n) is 9.88. The number of benzene rings is 3. The monoisotopic (exact) mass is 400 g/mol. The number of carbonyl (C=O) groups is 1. The Balaban J connectivity index is 1.70. The Labute approximate surface area is 175 Å². The zero-order chi connectivity index (χ0) is 21.3.